The van der Waals surface area contributed by atoms with Gasteiger partial charge in [0.1, 0.15) is 22.3 Å². The lowest BCUT2D eigenvalue weighted by atomic mass is 9.90. The van der Waals surface area contributed by atoms with Gasteiger partial charge in [-0.3, -0.25) is 9.69 Å². The Morgan fingerprint density at radius 1 is 0.816 bits per heavy atom. The molecule has 196 valence electrons. The van der Waals surface area contributed by atoms with Crippen molar-refractivity contribution in [3.63, 3.8) is 0 Å². The van der Waals surface area contributed by atoms with Gasteiger partial charge in [-0.2, -0.15) is 0 Å². The summed E-state index contributed by atoms with van der Waals surface area (Å²) < 4.78 is 26.8. The van der Waals surface area contributed by atoms with E-state index in [2.05, 4.69) is 34.1 Å². The second-order valence-corrected chi connectivity index (χ2v) is 10.9. The third-order valence-electron chi connectivity index (χ3n) is 7.04. The normalized spacial score (nSPS) is 14.2. The molecule has 4 aromatic rings. The van der Waals surface area contributed by atoms with Crippen molar-refractivity contribution in [1.82, 2.24) is 14.8 Å². The Bertz CT molecular complexity index is 1270. The summed E-state index contributed by atoms with van der Waals surface area (Å²) in [5.74, 6) is 0.0465. The number of nitrogens with zero attached hydrogens (tertiary/aromatic N) is 3. The molecule has 0 atom stereocenters. The zero-order chi connectivity index (χ0) is 26.3. The van der Waals surface area contributed by atoms with E-state index in [1.165, 1.54) is 41.2 Å². The van der Waals surface area contributed by atoms with Crippen LogP contribution in [-0.4, -0.2) is 33.8 Å². The molecule has 4 nitrogen and oxygen atoms in total. The molecule has 1 aromatic heterocycles. The monoisotopic (exact) mass is 531 g/mol. The molecule has 38 heavy (non-hydrogen) atoms. The first kappa shape index (κ1) is 26.2. The number of rotatable bonds is 9. The van der Waals surface area contributed by atoms with Crippen molar-refractivity contribution in [1.29, 1.82) is 0 Å². The largest absolute Gasteiger partial charge is 0.337 e. The first-order chi connectivity index (χ1) is 18.5. The molecule has 2 heterocycles. The summed E-state index contributed by atoms with van der Waals surface area (Å²) in [7, 11) is 0. The van der Waals surface area contributed by atoms with E-state index in [-0.39, 0.29) is 17.5 Å². The van der Waals surface area contributed by atoms with Crippen LogP contribution >= 0.6 is 11.3 Å². The minimum Gasteiger partial charge on any atom is -0.337 e. The van der Waals surface area contributed by atoms with E-state index in [1.807, 2.05) is 16.3 Å². The number of piperidine rings is 1. The highest BCUT2D eigenvalue weighted by atomic mass is 32.1. The molecule has 5 rings (SSSR count). The SMILES string of the molecule is O=C(c1csc(CN(Cc2ccc(F)cc2)Cc2ccc(F)cc2)n1)N1CCC(Cc2ccccc2)CC1. The van der Waals surface area contributed by atoms with Crippen LogP contribution in [0.25, 0.3) is 0 Å². The number of benzene rings is 3. The highest BCUT2D eigenvalue weighted by molar-refractivity contribution is 7.09. The number of likely N-dealkylation sites (tertiary alicyclic amines) is 1. The molecule has 7 heteroatoms. The van der Waals surface area contributed by atoms with E-state index < -0.39 is 0 Å². The summed E-state index contributed by atoms with van der Waals surface area (Å²) in [5, 5.41) is 2.69. The van der Waals surface area contributed by atoms with Gasteiger partial charge in [-0.1, -0.05) is 54.6 Å². The molecule has 1 amide bonds. The van der Waals surface area contributed by atoms with Gasteiger partial charge in [-0.05, 0) is 66.1 Å². The third kappa shape index (κ3) is 7.11. The predicted octanol–water partition coefficient (Wildman–Crippen LogP) is 6.72. The average Bonchev–Trinajstić information content (AvgIpc) is 3.40. The molecule has 0 aliphatic carbocycles. The number of hydrogen-bond donors (Lipinski definition) is 0. The van der Waals surface area contributed by atoms with Gasteiger partial charge in [-0.25, -0.2) is 13.8 Å². The van der Waals surface area contributed by atoms with Gasteiger partial charge < -0.3 is 4.90 Å². The molecule has 1 saturated heterocycles. The van der Waals surface area contributed by atoms with E-state index in [0.29, 0.717) is 31.2 Å². The summed E-state index contributed by atoms with van der Waals surface area (Å²) in [5.41, 5.74) is 3.79. The van der Waals surface area contributed by atoms with Crippen LogP contribution in [0.1, 0.15) is 45.0 Å². The fourth-order valence-electron chi connectivity index (χ4n) is 4.99. The number of hydrogen-bond acceptors (Lipinski definition) is 4. The average molecular weight is 532 g/mol. The molecule has 0 saturated carbocycles. The van der Waals surface area contributed by atoms with Gasteiger partial charge in [0.2, 0.25) is 0 Å². The van der Waals surface area contributed by atoms with Gasteiger partial charge in [0.15, 0.2) is 0 Å². The van der Waals surface area contributed by atoms with Crippen molar-refractivity contribution in [2.45, 2.75) is 38.9 Å². The molecule has 0 radical (unpaired) electrons. The van der Waals surface area contributed by atoms with Crippen LogP contribution in [0.4, 0.5) is 8.78 Å². The lowest BCUT2D eigenvalue weighted by molar-refractivity contribution is 0.0685. The lowest BCUT2D eigenvalue weighted by Crippen LogP contribution is -2.39. The van der Waals surface area contributed by atoms with Crippen molar-refractivity contribution in [2.75, 3.05) is 13.1 Å². The van der Waals surface area contributed by atoms with Crippen molar-refractivity contribution in [3.05, 3.63) is 123 Å². The molecular formula is C31H31F2N3OS. The second-order valence-electron chi connectivity index (χ2n) is 9.95. The minimum absolute atomic E-state index is 0.00530. The summed E-state index contributed by atoms with van der Waals surface area (Å²) in [6, 6.07) is 23.4. The molecule has 1 aliphatic heterocycles. The Labute approximate surface area is 226 Å². The standard InChI is InChI=1S/C31H31F2N3OS/c32-27-10-6-25(7-11-27)19-35(20-26-8-12-28(33)13-9-26)21-30-34-29(22-38-30)31(37)36-16-14-24(15-17-36)18-23-4-2-1-3-5-23/h1-13,22,24H,14-21H2. The van der Waals surface area contributed by atoms with Crippen molar-refractivity contribution >= 4 is 17.2 Å². The van der Waals surface area contributed by atoms with E-state index in [4.69, 9.17) is 0 Å². The Morgan fingerprint density at radius 2 is 1.39 bits per heavy atom. The van der Waals surface area contributed by atoms with Crippen LogP contribution < -0.4 is 0 Å². The molecule has 1 fully saturated rings. The molecular weight excluding hydrogens is 500 g/mol. The first-order valence-electron chi connectivity index (χ1n) is 13.0. The van der Waals surface area contributed by atoms with E-state index >= 15 is 0 Å². The number of aromatic nitrogens is 1. The zero-order valence-electron chi connectivity index (χ0n) is 21.2. The number of halogens is 2. The fraction of sp³-hybridized carbons (Fsp3) is 0.290. The molecule has 0 unspecified atom stereocenters. The Kier molecular flexibility index (Phi) is 8.56. The van der Waals surface area contributed by atoms with E-state index in [0.717, 1.165) is 48.5 Å². The van der Waals surface area contributed by atoms with Crippen LogP contribution in [0.15, 0.2) is 84.2 Å². The van der Waals surface area contributed by atoms with Gasteiger partial charge in [0.05, 0.1) is 6.54 Å². The molecule has 1 aliphatic rings. The first-order valence-corrected chi connectivity index (χ1v) is 13.9. The van der Waals surface area contributed by atoms with Crippen molar-refractivity contribution in [2.24, 2.45) is 5.92 Å². The Hall–Kier alpha value is -3.42. The zero-order valence-corrected chi connectivity index (χ0v) is 22.0. The maximum Gasteiger partial charge on any atom is 0.273 e. The Morgan fingerprint density at radius 3 is 1.97 bits per heavy atom. The number of thiazole rings is 1. The maximum atomic E-state index is 13.4. The highest BCUT2D eigenvalue weighted by Gasteiger charge is 2.25. The smallest absolute Gasteiger partial charge is 0.273 e. The minimum atomic E-state index is -0.272. The maximum absolute atomic E-state index is 13.4. The van der Waals surface area contributed by atoms with Crippen LogP contribution in [0, 0.1) is 17.6 Å². The van der Waals surface area contributed by atoms with E-state index in [1.54, 1.807) is 24.3 Å². The van der Waals surface area contributed by atoms with Gasteiger partial charge in [-0.15, -0.1) is 11.3 Å². The topological polar surface area (TPSA) is 36.4 Å². The van der Waals surface area contributed by atoms with Crippen molar-refractivity contribution in [3.8, 4) is 0 Å². The third-order valence-corrected chi connectivity index (χ3v) is 7.87. The van der Waals surface area contributed by atoms with E-state index in [9.17, 15) is 13.6 Å². The molecule has 0 spiro atoms. The van der Waals surface area contributed by atoms with Crippen LogP contribution in [0.2, 0.25) is 0 Å². The van der Waals surface area contributed by atoms with Crippen molar-refractivity contribution < 1.29 is 13.6 Å². The van der Waals surface area contributed by atoms with Gasteiger partial charge in [0, 0.05) is 31.6 Å². The summed E-state index contributed by atoms with van der Waals surface area (Å²) >= 11 is 1.48. The Balaban J connectivity index is 1.21. The summed E-state index contributed by atoms with van der Waals surface area (Å²) in [6.07, 6.45) is 3.06. The number of carbonyl (C=O) groups excluding carboxylic acids is 1. The highest BCUT2D eigenvalue weighted by Crippen LogP contribution is 2.24. The molecule has 0 bridgehead atoms. The van der Waals surface area contributed by atoms with Gasteiger partial charge in [0.25, 0.3) is 5.91 Å². The number of carbonyl (C=O) groups is 1. The lowest BCUT2D eigenvalue weighted by Gasteiger charge is -2.31. The van der Waals surface area contributed by atoms with Crippen LogP contribution in [0.5, 0.6) is 0 Å². The second kappa shape index (κ2) is 12.4. The van der Waals surface area contributed by atoms with Crippen LogP contribution in [-0.2, 0) is 26.1 Å². The molecule has 3 aromatic carbocycles. The van der Waals surface area contributed by atoms with Crippen LogP contribution in [0.3, 0.4) is 0 Å². The number of amides is 1. The quantitative estimate of drug-likeness (QED) is 0.241. The summed E-state index contributed by atoms with van der Waals surface area (Å²) in [4.78, 5) is 22.0. The predicted molar refractivity (Wildman–Crippen MR) is 147 cm³/mol. The summed E-state index contributed by atoms with van der Waals surface area (Å²) in [6.45, 7) is 3.20. The molecule has 0 N–H and O–H groups in total. The van der Waals surface area contributed by atoms with Gasteiger partial charge >= 0.3 is 0 Å². The fourth-order valence-corrected chi connectivity index (χ4v) is 5.80.